The first kappa shape index (κ1) is 17.8. The minimum Gasteiger partial charge on any atom is -0.487 e. The molecule has 1 N–H and O–H groups in total. The molecule has 2 aromatic rings. The van der Waals surface area contributed by atoms with Crippen LogP contribution in [-0.4, -0.2) is 27.3 Å². The molecule has 0 aromatic heterocycles. The van der Waals surface area contributed by atoms with E-state index in [1.165, 1.54) is 12.1 Å². The Morgan fingerprint density at radius 2 is 2.00 bits per heavy atom. The normalized spacial score (nSPS) is 19.0. The topological polar surface area (TPSA) is 75.7 Å². The molecule has 3 rings (SSSR count). The van der Waals surface area contributed by atoms with Crippen molar-refractivity contribution in [3.63, 3.8) is 0 Å². The molecule has 0 aliphatic carbocycles. The van der Waals surface area contributed by atoms with E-state index in [2.05, 4.69) is 20.7 Å². The molecule has 1 saturated heterocycles. The Bertz CT molecular complexity index is 893. The van der Waals surface area contributed by atoms with Gasteiger partial charge in [0.25, 0.3) is 0 Å². The van der Waals surface area contributed by atoms with Crippen LogP contribution in [0.2, 0.25) is 0 Å². The Hall–Kier alpha value is -1.97. The van der Waals surface area contributed by atoms with Gasteiger partial charge >= 0.3 is 10.2 Å². The third-order valence-corrected chi connectivity index (χ3v) is 5.76. The van der Waals surface area contributed by atoms with Crippen LogP contribution in [0.5, 0.6) is 5.75 Å². The fourth-order valence-electron chi connectivity index (χ4n) is 2.46. The summed E-state index contributed by atoms with van der Waals surface area (Å²) in [5.74, 6) is -0.705. The van der Waals surface area contributed by atoms with E-state index in [9.17, 15) is 17.6 Å². The lowest BCUT2D eigenvalue weighted by Gasteiger charge is -2.21. The van der Waals surface area contributed by atoms with E-state index in [0.29, 0.717) is 6.29 Å². The average molecular weight is 429 g/mol. The quantitative estimate of drug-likeness (QED) is 0.741. The number of halogens is 2. The third-order valence-electron chi connectivity index (χ3n) is 3.64. The van der Waals surface area contributed by atoms with E-state index in [1.54, 1.807) is 0 Å². The summed E-state index contributed by atoms with van der Waals surface area (Å²) in [6.45, 7) is -0.0613. The van der Waals surface area contributed by atoms with Crippen LogP contribution in [0.4, 0.5) is 10.1 Å². The van der Waals surface area contributed by atoms with E-state index >= 15 is 0 Å². The van der Waals surface area contributed by atoms with Gasteiger partial charge in [-0.25, -0.2) is 8.70 Å². The molecule has 0 saturated carbocycles. The molecule has 1 heterocycles. The highest BCUT2D eigenvalue weighted by atomic mass is 79.9. The van der Waals surface area contributed by atoms with Crippen molar-refractivity contribution in [2.24, 2.45) is 0 Å². The maximum absolute atomic E-state index is 14.7. The number of carbonyl (C=O) groups excluding carboxylic acids is 1. The summed E-state index contributed by atoms with van der Waals surface area (Å²) in [5, 5.41) is 0. The number of benzene rings is 2. The zero-order valence-electron chi connectivity index (χ0n) is 12.9. The first-order valence-electron chi connectivity index (χ1n) is 7.32. The van der Waals surface area contributed by atoms with Gasteiger partial charge in [0.2, 0.25) is 0 Å². The van der Waals surface area contributed by atoms with Crippen molar-refractivity contribution in [2.75, 3.05) is 10.8 Å². The summed E-state index contributed by atoms with van der Waals surface area (Å²) < 4.78 is 47.9. The second-order valence-corrected chi connectivity index (χ2v) is 7.86. The number of hydrogen-bond donors (Lipinski definition) is 1. The zero-order valence-corrected chi connectivity index (χ0v) is 15.3. The van der Waals surface area contributed by atoms with Crippen molar-refractivity contribution in [3.8, 4) is 5.75 Å². The van der Waals surface area contributed by atoms with Gasteiger partial charge in [0, 0.05) is 0 Å². The summed E-state index contributed by atoms with van der Waals surface area (Å²) in [6.07, 6.45) is 0.470. The molecular weight excluding hydrogens is 415 g/mol. The minimum atomic E-state index is -4.03. The Kier molecular flexibility index (Phi) is 5.07. The van der Waals surface area contributed by atoms with Crippen molar-refractivity contribution in [2.45, 2.75) is 12.6 Å². The van der Waals surface area contributed by atoms with E-state index in [-0.39, 0.29) is 29.1 Å². The van der Waals surface area contributed by atoms with Crippen LogP contribution in [-0.2, 0) is 21.6 Å². The number of nitrogens with one attached hydrogen (secondary N) is 1. The SMILES string of the molecule is O=CC1CN(c2c(OCc3ccccc3)ccc(Br)c2F)S(=O)(=O)N1. The molecule has 1 aliphatic heterocycles. The summed E-state index contributed by atoms with van der Waals surface area (Å²) in [7, 11) is -4.03. The molecule has 6 nitrogen and oxygen atoms in total. The molecule has 9 heteroatoms. The Morgan fingerprint density at radius 3 is 2.64 bits per heavy atom. The number of ether oxygens (including phenoxy) is 1. The third kappa shape index (κ3) is 3.68. The van der Waals surface area contributed by atoms with Gasteiger partial charge in [-0.2, -0.15) is 13.1 Å². The van der Waals surface area contributed by atoms with Crippen LogP contribution in [0.3, 0.4) is 0 Å². The smallest absolute Gasteiger partial charge is 0.302 e. The second kappa shape index (κ2) is 7.11. The fourth-order valence-corrected chi connectivity index (χ4v) is 4.18. The number of aldehydes is 1. The van der Waals surface area contributed by atoms with Crippen LogP contribution < -0.4 is 13.8 Å². The van der Waals surface area contributed by atoms with Gasteiger partial charge in [0.15, 0.2) is 5.82 Å². The zero-order chi connectivity index (χ0) is 18.0. The monoisotopic (exact) mass is 428 g/mol. The standard InChI is InChI=1S/C16H14BrFN2O4S/c17-13-6-7-14(24-10-11-4-2-1-3-5-11)16(15(13)18)20-8-12(9-21)19-25(20,22)23/h1-7,9,12,19H,8,10H2. The molecule has 1 atom stereocenters. The summed E-state index contributed by atoms with van der Waals surface area (Å²) in [6, 6.07) is 11.2. The van der Waals surface area contributed by atoms with E-state index in [4.69, 9.17) is 4.74 Å². The van der Waals surface area contributed by atoms with Crippen molar-refractivity contribution >= 4 is 38.1 Å². The van der Waals surface area contributed by atoms with Gasteiger partial charge in [-0.15, -0.1) is 0 Å². The van der Waals surface area contributed by atoms with Gasteiger partial charge in [-0.3, -0.25) is 0 Å². The molecule has 0 amide bonds. The lowest BCUT2D eigenvalue weighted by atomic mass is 10.2. The van der Waals surface area contributed by atoms with Gasteiger partial charge in [0.05, 0.1) is 17.1 Å². The maximum Gasteiger partial charge on any atom is 0.302 e. The van der Waals surface area contributed by atoms with Crippen LogP contribution in [0.1, 0.15) is 5.56 Å². The molecule has 132 valence electrons. The molecule has 0 spiro atoms. The average Bonchev–Trinajstić information content (AvgIpc) is 2.91. The first-order valence-corrected chi connectivity index (χ1v) is 9.55. The maximum atomic E-state index is 14.7. The number of hydrogen-bond acceptors (Lipinski definition) is 4. The molecule has 1 fully saturated rings. The highest BCUT2D eigenvalue weighted by Crippen LogP contribution is 2.38. The number of nitrogens with zero attached hydrogens (tertiary/aromatic N) is 1. The Morgan fingerprint density at radius 1 is 1.28 bits per heavy atom. The molecule has 1 aliphatic rings. The molecule has 1 unspecified atom stereocenters. The lowest BCUT2D eigenvalue weighted by Crippen LogP contribution is -2.31. The van der Waals surface area contributed by atoms with E-state index in [1.807, 2.05) is 30.3 Å². The van der Waals surface area contributed by atoms with Gasteiger partial charge in [-0.1, -0.05) is 30.3 Å². The molecule has 0 radical (unpaired) electrons. The van der Waals surface area contributed by atoms with E-state index < -0.39 is 22.1 Å². The van der Waals surface area contributed by atoms with Crippen LogP contribution in [0, 0.1) is 5.82 Å². The predicted octanol–water partition coefficient (Wildman–Crippen LogP) is 2.39. The molecule has 2 aromatic carbocycles. The van der Waals surface area contributed by atoms with E-state index in [0.717, 1.165) is 9.87 Å². The number of anilines is 1. The van der Waals surface area contributed by atoms with Gasteiger partial charge in [-0.05, 0) is 33.6 Å². The Balaban J connectivity index is 1.97. The molecule has 25 heavy (non-hydrogen) atoms. The lowest BCUT2D eigenvalue weighted by molar-refractivity contribution is -0.108. The van der Waals surface area contributed by atoms with Crippen molar-refractivity contribution in [3.05, 3.63) is 58.3 Å². The first-order chi connectivity index (χ1) is 11.9. The highest BCUT2D eigenvalue weighted by molar-refractivity contribution is 9.10. The number of carbonyl (C=O) groups is 1. The summed E-state index contributed by atoms with van der Waals surface area (Å²) >= 11 is 3.05. The predicted molar refractivity (Wildman–Crippen MR) is 94.1 cm³/mol. The molecular formula is C16H14BrFN2O4S. The van der Waals surface area contributed by atoms with Crippen LogP contribution in [0.15, 0.2) is 46.9 Å². The van der Waals surface area contributed by atoms with Crippen molar-refractivity contribution < 1.29 is 22.3 Å². The summed E-state index contributed by atoms with van der Waals surface area (Å²) in [5.41, 5.74) is 0.618. The van der Waals surface area contributed by atoms with Gasteiger partial charge < -0.3 is 9.53 Å². The van der Waals surface area contributed by atoms with Gasteiger partial charge in [0.1, 0.15) is 24.3 Å². The second-order valence-electron chi connectivity index (χ2n) is 5.38. The van der Waals surface area contributed by atoms with Crippen molar-refractivity contribution in [1.82, 2.24) is 4.72 Å². The molecule has 0 bridgehead atoms. The number of rotatable bonds is 5. The highest BCUT2D eigenvalue weighted by Gasteiger charge is 2.38. The van der Waals surface area contributed by atoms with Crippen LogP contribution in [0.25, 0.3) is 0 Å². The Labute approximate surface area is 152 Å². The van der Waals surface area contributed by atoms with Crippen molar-refractivity contribution in [1.29, 1.82) is 0 Å². The minimum absolute atomic E-state index is 0.0708. The largest absolute Gasteiger partial charge is 0.487 e. The fraction of sp³-hybridized carbons (Fsp3) is 0.188. The van der Waals surface area contributed by atoms with Crippen LogP contribution >= 0.6 is 15.9 Å². The summed E-state index contributed by atoms with van der Waals surface area (Å²) in [4.78, 5) is 10.9.